The van der Waals surface area contributed by atoms with Crippen LogP contribution in [-0.2, 0) is 4.79 Å². The van der Waals surface area contributed by atoms with E-state index in [4.69, 9.17) is 0 Å². The van der Waals surface area contributed by atoms with Crippen molar-refractivity contribution in [2.75, 3.05) is 0 Å². The van der Waals surface area contributed by atoms with Crippen molar-refractivity contribution in [3.05, 3.63) is 54.6 Å². The number of fused-ring (bicyclic) bond motifs is 3. The van der Waals surface area contributed by atoms with E-state index in [1.165, 1.54) is 5.39 Å². The van der Waals surface area contributed by atoms with Crippen molar-refractivity contribution in [3.63, 3.8) is 0 Å². The molecule has 0 heterocycles. The van der Waals surface area contributed by atoms with Gasteiger partial charge in [-0.1, -0.05) is 48.5 Å². The second-order valence-electron chi connectivity index (χ2n) is 3.87. The molecule has 0 amide bonds. The lowest BCUT2D eigenvalue weighted by molar-refractivity contribution is 0.565. The van der Waals surface area contributed by atoms with Crippen LogP contribution < -0.4 is 0 Å². The number of carbonyl (C=O) groups excluding carboxylic acids is 1. The largest absolute Gasteiger partial charge is 0.240 e. The summed E-state index contributed by atoms with van der Waals surface area (Å²) >= 11 is 0. The summed E-state index contributed by atoms with van der Waals surface area (Å²) in [6.07, 6.45) is 1.62. The van der Waals surface area contributed by atoms with Gasteiger partial charge < -0.3 is 0 Å². The van der Waals surface area contributed by atoms with Crippen LogP contribution in [0, 0.1) is 0 Å². The van der Waals surface area contributed by atoms with E-state index in [2.05, 4.69) is 11.1 Å². The quantitative estimate of drug-likeness (QED) is 0.346. The summed E-state index contributed by atoms with van der Waals surface area (Å²) in [6, 6.07) is 18.0. The van der Waals surface area contributed by atoms with Crippen LogP contribution in [0.5, 0.6) is 0 Å². The van der Waals surface area contributed by atoms with Crippen LogP contribution in [-0.4, -0.2) is 6.08 Å². The molecular formula is C15H9NO. The van der Waals surface area contributed by atoms with Gasteiger partial charge in [0.25, 0.3) is 0 Å². The van der Waals surface area contributed by atoms with Gasteiger partial charge in [0, 0.05) is 5.39 Å². The smallest absolute Gasteiger partial charge is 0.211 e. The minimum Gasteiger partial charge on any atom is -0.211 e. The van der Waals surface area contributed by atoms with Gasteiger partial charge in [0.05, 0.1) is 5.69 Å². The lowest BCUT2D eigenvalue weighted by atomic mass is 10.0. The van der Waals surface area contributed by atoms with Crippen LogP contribution in [0.15, 0.2) is 59.6 Å². The standard InChI is InChI=1S/C15H9NO/c17-10-16-15-9-11-5-1-2-6-12(11)13-7-3-4-8-14(13)15/h1-9H. The Morgan fingerprint density at radius 1 is 0.824 bits per heavy atom. The molecule has 0 aliphatic heterocycles. The SMILES string of the molecule is O=C=Nc1cc2ccccc2c2ccccc12. The van der Waals surface area contributed by atoms with E-state index < -0.39 is 0 Å². The lowest BCUT2D eigenvalue weighted by Gasteiger charge is -2.05. The maximum atomic E-state index is 10.5. The molecule has 80 valence electrons. The van der Waals surface area contributed by atoms with Gasteiger partial charge in [-0.05, 0) is 22.2 Å². The molecular weight excluding hydrogens is 210 g/mol. The van der Waals surface area contributed by atoms with Gasteiger partial charge in [-0.2, -0.15) is 4.99 Å². The molecule has 3 aromatic carbocycles. The fourth-order valence-electron chi connectivity index (χ4n) is 2.18. The molecule has 0 N–H and O–H groups in total. The van der Waals surface area contributed by atoms with Gasteiger partial charge in [-0.3, -0.25) is 0 Å². The van der Waals surface area contributed by atoms with Crippen LogP contribution in [0.3, 0.4) is 0 Å². The van der Waals surface area contributed by atoms with Gasteiger partial charge in [-0.15, -0.1) is 0 Å². The second-order valence-corrected chi connectivity index (χ2v) is 3.87. The zero-order chi connectivity index (χ0) is 11.7. The lowest BCUT2D eigenvalue weighted by Crippen LogP contribution is -1.78. The zero-order valence-corrected chi connectivity index (χ0v) is 9.05. The monoisotopic (exact) mass is 219 g/mol. The van der Waals surface area contributed by atoms with Gasteiger partial charge in [0.1, 0.15) is 0 Å². The summed E-state index contributed by atoms with van der Waals surface area (Å²) in [5.74, 6) is 0. The molecule has 17 heavy (non-hydrogen) atoms. The molecule has 3 rings (SSSR count). The first-order chi connectivity index (χ1) is 8.40. The molecule has 2 nitrogen and oxygen atoms in total. The first-order valence-electron chi connectivity index (χ1n) is 5.38. The highest BCUT2D eigenvalue weighted by molar-refractivity contribution is 6.12. The second kappa shape index (κ2) is 3.85. The molecule has 0 spiro atoms. The average Bonchev–Trinajstić information content (AvgIpc) is 2.39. The predicted molar refractivity (Wildman–Crippen MR) is 69.2 cm³/mol. The minimum atomic E-state index is 0.675. The Morgan fingerprint density at radius 3 is 2.24 bits per heavy atom. The summed E-state index contributed by atoms with van der Waals surface area (Å²) in [5.41, 5.74) is 0.675. The fourth-order valence-corrected chi connectivity index (χ4v) is 2.18. The molecule has 0 fully saturated rings. The molecule has 2 heteroatoms. The van der Waals surface area contributed by atoms with E-state index >= 15 is 0 Å². The van der Waals surface area contributed by atoms with Gasteiger partial charge in [0.2, 0.25) is 6.08 Å². The third-order valence-corrected chi connectivity index (χ3v) is 2.91. The Bertz CT molecular complexity index is 755. The van der Waals surface area contributed by atoms with Gasteiger partial charge >= 0.3 is 0 Å². The molecule has 0 atom stereocenters. The van der Waals surface area contributed by atoms with Crippen molar-refractivity contribution in [1.82, 2.24) is 0 Å². The highest BCUT2D eigenvalue weighted by atomic mass is 16.1. The van der Waals surface area contributed by atoms with E-state index in [0.29, 0.717) is 5.69 Å². The van der Waals surface area contributed by atoms with E-state index in [-0.39, 0.29) is 0 Å². The van der Waals surface area contributed by atoms with Gasteiger partial charge in [0.15, 0.2) is 0 Å². The summed E-state index contributed by atoms with van der Waals surface area (Å²) in [5, 5.41) is 4.35. The Kier molecular flexibility index (Phi) is 2.21. The third-order valence-electron chi connectivity index (χ3n) is 2.91. The van der Waals surface area contributed by atoms with E-state index in [9.17, 15) is 4.79 Å². The Morgan fingerprint density at radius 2 is 1.47 bits per heavy atom. The van der Waals surface area contributed by atoms with Crippen LogP contribution in [0.2, 0.25) is 0 Å². The molecule has 0 saturated heterocycles. The van der Waals surface area contributed by atoms with Crippen molar-refractivity contribution in [2.45, 2.75) is 0 Å². The third kappa shape index (κ3) is 1.52. The molecule has 0 aromatic heterocycles. The number of isocyanates is 1. The average molecular weight is 219 g/mol. The fraction of sp³-hybridized carbons (Fsp3) is 0. The Labute approximate surface area is 98.2 Å². The summed E-state index contributed by atoms with van der Waals surface area (Å²) in [7, 11) is 0. The number of rotatable bonds is 1. The molecule has 0 bridgehead atoms. The summed E-state index contributed by atoms with van der Waals surface area (Å²) in [4.78, 5) is 14.2. The van der Waals surface area contributed by atoms with Crippen LogP contribution in [0.4, 0.5) is 5.69 Å². The number of aliphatic imine (C=N–C) groups is 1. The normalized spacial score (nSPS) is 10.4. The Hall–Kier alpha value is -2.44. The van der Waals surface area contributed by atoms with Crippen LogP contribution in [0.1, 0.15) is 0 Å². The highest BCUT2D eigenvalue weighted by Gasteiger charge is 2.04. The van der Waals surface area contributed by atoms with E-state index in [1.54, 1.807) is 6.08 Å². The van der Waals surface area contributed by atoms with Crippen molar-refractivity contribution >= 4 is 33.3 Å². The van der Waals surface area contributed by atoms with Crippen LogP contribution >= 0.6 is 0 Å². The maximum Gasteiger partial charge on any atom is 0.240 e. The maximum absolute atomic E-state index is 10.5. The number of hydrogen-bond acceptors (Lipinski definition) is 2. The molecule has 0 saturated carbocycles. The Balaban J connectivity index is 2.59. The van der Waals surface area contributed by atoms with Crippen molar-refractivity contribution < 1.29 is 4.79 Å². The molecule has 0 unspecified atom stereocenters. The zero-order valence-electron chi connectivity index (χ0n) is 9.05. The first kappa shape index (κ1) is 9.76. The van der Waals surface area contributed by atoms with Crippen LogP contribution in [0.25, 0.3) is 21.5 Å². The topological polar surface area (TPSA) is 29.4 Å². The molecule has 0 aliphatic rings. The number of hydrogen-bond donors (Lipinski definition) is 0. The van der Waals surface area contributed by atoms with Crippen molar-refractivity contribution in [3.8, 4) is 0 Å². The summed E-state index contributed by atoms with van der Waals surface area (Å²) in [6.45, 7) is 0. The molecule has 0 radical (unpaired) electrons. The number of nitrogens with zero attached hydrogens (tertiary/aromatic N) is 1. The predicted octanol–water partition coefficient (Wildman–Crippen LogP) is 3.96. The van der Waals surface area contributed by atoms with E-state index in [1.807, 2.05) is 48.5 Å². The van der Waals surface area contributed by atoms with E-state index in [0.717, 1.165) is 16.2 Å². The molecule has 3 aromatic rings. The minimum absolute atomic E-state index is 0.675. The molecule has 0 aliphatic carbocycles. The van der Waals surface area contributed by atoms with Crippen molar-refractivity contribution in [1.29, 1.82) is 0 Å². The summed E-state index contributed by atoms with van der Waals surface area (Å²) < 4.78 is 0. The van der Waals surface area contributed by atoms with Crippen molar-refractivity contribution in [2.24, 2.45) is 4.99 Å². The van der Waals surface area contributed by atoms with Gasteiger partial charge in [-0.25, -0.2) is 4.79 Å². The first-order valence-corrected chi connectivity index (χ1v) is 5.38. The number of benzene rings is 3. The highest BCUT2D eigenvalue weighted by Crippen LogP contribution is 2.32.